The van der Waals surface area contributed by atoms with Crippen LogP contribution in [-0.4, -0.2) is 42.4 Å². The topological polar surface area (TPSA) is 95.3 Å². The zero-order chi connectivity index (χ0) is 25.4. The highest BCUT2D eigenvalue weighted by Gasteiger charge is 2.64. The Kier molecular flexibility index (Phi) is 6.79. The SMILES string of the molecule is CC1(C)[C@H](NC(=O)c2ccc(N3CCC(C=O)CC3)nc2)C(C)(C)[C@H]1Oc1ccc(C#N)c(Cl)c1. The molecule has 2 aliphatic rings. The second-order valence-electron chi connectivity index (χ2n) is 10.7. The molecule has 1 aliphatic heterocycles. The standard InChI is InChI=1S/C27H31ClN4O3/c1-26(2)24(27(3,4)25(26)35-20-7-5-18(14-29)21(28)13-20)31-23(34)19-6-8-22(30-15-19)32-11-9-17(16-33)10-12-32/h5-8,13,15-17,24-25H,9-12H2,1-4H3,(H,31,34)/t24-,25-. The Hall–Kier alpha value is -3.11. The number of halogens is 1. The Labute approximate surface area is 211 Å². The molecule has 0 spiro atoms. The molecule has 7 nitrogen and oxygen atoms in total. The fourth-order valence-electron chi connectivity index (χ4n) is 5.78. The number of carbonyl (C=O) groups excluding carboxylic acids is 2. The summed E-state index contributed by atoms with van der Waals surface area (Å²) in [5.74, 6) is 1.38. The number of nitrogens with one attached hydrogen (secondary N) is 1. The fraction of sp³-hybridized carbons (Fsp3) is 0.481. The predicted molar refractivity (Wildman–Crippen MR) is 135 cm³/mol. The molecule has 1 saturated heterocycles. The quantitative estimate of drug-likeness (QED) is 0.588. The van der Waals surface area contributed by atoms with Crippen LogP contribution in [0.3, 0.4) is 0 Å². The lowest BCUT2D eigenvalue weighted by atomic mass is 9.49. The Morgan fingerprint density at radius 2 is 1.89 bits per heavy atom. The van der Waals surface area contributed by atoms with Gasteiger partial charge in [0.25, 0.3) is 5.91 Å². The molecule has 2 heterocycles. The van der Waals surface area contributed by atoms with Crippen molar-refractivity contribution in [1.29, 1.82) is 5.26 Å². The van der Waals surface area contributed by atoms with Crippen molar-refractivity contribution in [3.8, 4) is 11.8 Å². The van der Waals surface area contributed by atoms with Crippen LogP contribution in [0.5, 0.6) is 5.75 Å². The van der Waals surface area contributed by atoms with Gasteiger partial charge in [-0.25, -0.2) is 4.98 Å². The Morgan fingerprint density at radius 1 is 1.20 bits per heavy atom. The van der Waals surface area contributed by atoms with Crippen molar-refractivity contribution >= 4 is 29.6 Å². The molecule has 35 heavy (non-hydrogen) atoms. The van der Waals surface area contributed by atoms with Gasteiger partial charge in [-0.1, -0.05) is 39.3 Å². The van der Waals surface area contributed by atoms with Gasteiger partial charge < -0.3 is 19.7 Å². The van der Waals surface area contributed by atoms with E-state index in [-0.39, 0.29) is 34.8 Å². The van der Waals surface area contributed by atoms with E-state index < -0.39 is 0 Å². The van der Waals surface area contributed by atoms with Gasteiger partial charge in [0.1, 0.15) is 30.0 Å². The van der Waals surface area contributed by atoms with Gasteiger partial charge >= 0.3 is 0 Å². The Morgan fingerprint density at radius 3 is 2.43 bits per heavy atom. The lowest BCUT2D eigenvalue weighted by Crippen LogP contribution is -2.74. The first-order valence-electron chi connectivity index (χ1n) is 11.9. The van der Waals surface area contributed by atoms with Crippen LogP contribution in [-0.2, 0) is 4.79 Å². The minimum absolute atomic E-state index is 0.122. The van der Waals surface area contributed by atoms with E-state index in [2.05, 4.69) is 49.0 Å². The van der Waals surface area contributed by atoms with Crippen molar-refractivity contribution < 1.29 is 14.3 Å². The molecule has 1 amide bonds. The fourth-order valence-corrected chi connectivity index (χ4v) is 6.00. The summed E-state index contributed by atoms with van der Waals surface area (Å²) in [6.07, 6.45) is 4.14. The monoisotopic (exact) mass is 494 g/mol. The minimum Gasteiger partial charge on any atom is -0.489 e. The molecule has 2 fully saturated rings. The molecule has 8 heteroatoms. The van der Waals surface area contributed by atoms with Crippen molar-refractivity contribution in [3.63, 3.8) is 0 Å². The average Bonchev–Trinajstić information content (AvgIpc) is 2.85. The first-order chi connectivity index (χ1) is 16.6. The Bertz CT molecular complexity index is 1130. The molecular formula is C27H31ClN4O3. The number of carbonyl (C=O) groups is 2. The summed E-state index contributed by atoms with van der Waals surface area (Å²) in [6, 6.07) is 10.7. The number of anilines is 1. The zero-order valence-electron chi connectivity index (χ0n) is 20.5. The lowest BCUT2D eigenvalue weighted by Gasteiger charge is -2.63. The summed E-state index contributed by atoms with van der Waals surface area (Å²) >= 11 is 6.17. The van der Waals surface area contributed by atoms with E-state index in [0.717, 1.165) is 38.0 Å². The van der Waals surface area contributed by atoms with E-state index in [1.807, 2.05) is 6.07 Å². The maximum absolute atomic E-state index is 13.1. The second kappa shape index (κ2) is 9.50. The number of aromatic nitrogens is 1. The largest absolute Gasteiger partial charge is 0.489 e. The number of hydrogen-bond donors (Lipinski definition) is 1. The first kappa shape index (κ1) is 25.0. The van der Waals surface area contributed by atoms with Crippen molar-refractivity contribution in [2.45, 2.75) is 52.7 Å². The smallest absolute Gasteiger partial charge is 0.253 e. The molecule has 1 aromatic heterocycles. The number of hydrogen-bond acceptors (Lipinski definition) is 6. The normalized spacial score (nSPS) is 23.0. The van der Waals surface area contributed by atoms with Crippen LogP contribution in [0.2, 0.25) is 5.02 Å². The predicted octanol–water partition coefficient (Wildman–Crippen LogP) is 4.63. The maximum atomic E-state index is 13.1. The summed E-state index contributed by atoms with van der Waals surface area (Å²) in [7, 11) is 0. The number of amides is 1. The van der Waals surface area contributed by atoms with Crippen LogP contribution in [0, 0.1) is 28.1 Å². The summed E-state index contributed by atoms with van der Waals surface area (Å²) in [5.41, 5.74) is 0.235. The van der Waals surface area contributed by atoms with Crippen LogP contribution in [0.4, 0.5) is 5.82 Å². The van der Waals surface area contributed by atoms with Crippen molar-refractivity contribution in [2.75, 3.05) is 18.0 Å². The van der Waals surface area contributed by atoms with E-state index >= 15 is 0 Å². The number of piperidine rings is 1. The third-order valence-electron chi connectivity index (χ3n) is 7.50. The number of benzene rings is 1. The third kappa shape index (κ3) is 4.72. The first-order valence-corrected chi connectivity index (χ1v) is 12.3. The molecule has 184 valence electrons. The molecular weight excluding hydrogens is 464 g/mol. The number of rotatable bonds is 6. The molecule has 1 N–H and O–H groups in total. The van der Waals surface area contributed by atoms with Gasteiger partial charge in [0.05, 0.1) is 16.1 Å². The molecule has 1 aliphatic carbocycles. The number of aldehydes is 1. The second-order valence-corrected chi connectivity index (χ2v) is 11.1. The van der Waals surface area contributed by atoms with Gasteiger partial charge in [-0.3, -0.25) is 4.79 Å². The van der Waals surface area contributed by atoms with E-state index in [1.54, 1.807) is 30.5 Å². The molecule has 0 atom stereocenters. The van der Waals surface area contributed by atoms with Crippen molar-refractivity contribution in [3.05, 3.63) is 52.7 Å². The average molecular weight is 495 g/mol. The highest BCUT2D eigenvalue weighted by atomic mass is 35.5. The number of nitrogens with zero attached hydrogens (tertiary/aromatic N) is 3. The van der Waals surface area contributed by atoms with E-state index in [4.69, 9.17) is 21.6 Å². The van der Waals surface area contributed by atoms with Crippen LogP contribution in [0.1, 0.15) is 56.5 Å². The molecule has 0 bridgehead atoms. The van der Waals surface area contributed by atoms with Crippen LogP contribution in [0.25, 0.3) is 0 Å². The third-order valence-corrected chi connectivity index (χ3v) is 7.81. The van der Waals surface area contributed by atoms with E-state index in [1.165, 1.54) is 0 Å². The summed E-state index contributed by atoms with van der Waals surface area (Å²) in [5, 5.41) is 12.6. The zero-order valence-corrected chi connectivity index (χ0v) is 21.3. The van der Waals surface area contributed by atoms with Crippen molar-refractivity contribution in [2.24, 2.45) is 16.7 Å². The van der Waals surface area contributed by atoms with Gasteiger partial charge in [-0.2, -0.15) is 5.26 Å². The highest BCUT2D eigenvalue weighted by molar-refractivity contribution is 6.31. The summed E-state index contributed by atoms with van der Waals surface area (Å²) in [4.78, 5) is 30.7. The van der Waals surface area contributed by atoms with E-state index in [9.17, 15) is 9.59 Å². The molecule has 4 rings (SSSR count). The van der Waals surface area contributed by atoms with Gasteiger partial charge in [-0.15, -0.1) is 0 Å². The molecule has 2 aromatic rings. The summed E-state index contributed by atoms with van der Waals surface area (Å²) < 4.78 is 6.29. The number of nitriles is 1. The Balaban J connectivity index is 1.41. The van der Waals surface area contributed by atoms with Crippen molar-refractivity contribution in [1.82, 2.24) is 10.3 Å². The highest BCUT2D eigenvalue weighted by Crippen LogP contribution is 2.55. The van der Waals surface area contributed by atoms with Gasteiger partial charge in [-0.05, 0) is 37.1 Å². The van der Waals surface area contributed by atoms with Crippen LogP contribution >= 0.6 is 11.6 Å². The van der Waals surface area contributed by atoms with Gasteiger partial charge in [0.2, 0.25) is 0 Å². The minimum atomic E-state index is -0.337. The molecule has 1 aromatic carbocycles. The molecule has 0 unspecified atom stereocenters. The van der Waals surface area contributed by atoms with E-state index in [0.29, 0.717) is 21.9 Å². The maximum Gasteiger partial charge on any atom is 0.253 e. The number of ether oxygens (including phenoxy) is 1. The molecule has 1 saturated carbocycles. The van der Waals surface area contributed by atoms with Gasteiger partial charge in [0.15, 0.2) is 0 Å². The molecule has 0 radical (unpaired) electrons. The lowest BCUT2D eigenvalue weighted by molar-refractivity contribution is -0.164. The number of pyridine rings is 1. The van der Waals surface area contributed by atoms with Crippen LogP contribution < -0.4 is 15.0 Å². The van der Waals surface area contributed by atoms with Gasteiger partial charge in [0, 0.05) is 48.1 Å². The summed E-state index contributed by atoms with van der Waals surface area (Å²) in [6.45, 7) is 9.87. The van der Waals surface area contributed by atoms with Crippen LogP contribution in [0.15, 0.2) is 36.5 Å².